The molecule has 0 bridgehead atoms. The Hall–Kier alpha value is -3.46. The van der Waals surface area contributed by atoms with Crippen molar-refractivity contribution in [1.29, 1.82) is 0 Å². The molecule has 1 atom stereocenters. The minimum absolute atomic E-state index is 0.0614. The maximum Gasteiger partial charge on any atom is 0.294 e. The van der Waals surface area contributed by atoms with Gasteiger partial charge in [-0.25, -0.2) is 0 Å². The molecule has 1 aliphatic heterocycles. The number of carbonyl (C=O) groups is 2. The third-order valence-electron chi connectivity index (χ3n) is 6.01. The van der Waals surface area contributed by atoms with Gasteiger partial charge in [0.05, 0.1) is 24.8 Å². The van der Waals surface area contributed by atoms with Crippen molar-refractivity contribution in [3.8, 4) is 11.5 Å². The van der Waals surface area contributed by atoms with Gasteiger partial charge in [0.25, 0.3) is 5.91 Å². The van der Waals surface area contributed by atoms with Crippen molar-refractivity contribution >= 4 is 62.9 Å². The predicted octanol–water partition coefficient (Wildman–Crippen LogP) is 6.91. The number of fused-ring (bicyclic) bond motifs is 1. The number of furan rings is 1. The van der Waals surface area contributed by atoms with Crippen LogP contribution >= 0.6 is 34.5 Å². The molecule has 1 unspecified atom stereocenters. The number of aliphatic hydroxyl groups is 1. The molecule has 3 heterocycles. The largest absolute Gasteiger partial charge is 0.503 e. The predicted molar refractivity (Wildman–Crippen MR) is 139 cm³/mol. The molecule has 2 aromatic carbocycles. The Morgan fingerprint density at radius 2 is 1.83 bits per heavy atom. The van der Waals surface area contributed by atoms with Crippen LogP contribution in [0.2, 0.25) is 10.0 Å². The van der Waals surface area contributed by atoms with Gasteiger partial charge in [0, 0.05) is 27.0 Å². The zero-order valence-corrected chi connectivity index (χ0v) is 21.6. The summed E-state index contributed by atoms with van der Waals surface area (Å²) in [5, 5.41) is 14.1. The Kier molecular flexibility index (Phi) is 6.20. The number of hydrogen-bond donors (Lipinski definition) is 1. The zero-order chi connectivity index (χ0) is 25.7. The number of benzene rings is 2. The topological polar surface area (TPSA) is 89.2 Å². The van der Waals surface area contributed by atoms with E-state index in [1.165, 1.54) is 36.5 Å². The standard InChI is InChI=1S/C26H19Cl2NO6S/c1-12-6-7-36-25(12)21-20(22(30)18-9-13-8-14(27)10-19(34-3)24(13)35-18)23(31)26(32)29(21)15-4-5-17(33-2)16(28)11-15/h4-11,21,31H,1-3H3. The van der Waals surface area contributed by atoms with Gasteiger partial charge < -0.3 is 19.0 Å². The Morgan fingerprint density at radius 3 is 2.47 bits per heavy atom. The first kappa shape index (κ1) is 24.2. The summed E-state index contributed by atoms with van der Waals surface area (Å²) in [5.41, 5.74) is 1.50. The Bertz CT molecular complexity index is 1570. The minimum atomic E-state index is -0.895. The Labute approximate surface area is 220 Å². The third-order valence-corrected chi connectivity index (χ3v) is 7.59. The summed E-state index contributed by atoms with van der Waals surface area (Å²) in [6.07, 6.45) is 0. The number of methoxy groups -OCH3 is 2. The molecule has 5 rings (SSSR count). The summed E-state index contributed by atoms with van der Waals surface area (Å²) in [4.78, 5) is 29.3. The van der Waals surface area contributed by atoms with Gasteiger partial charge in [-0.2, -0.15) is 0 Å². The number of aryl methyl sites for hydroxylation is 1. The highest BCUT2D eigenvalue weighted by molar-refractivity contribution is 7.10. The molecule has 2 aromatic heterocycles. The number of thiophene rings is 1. The number of halogens is 2. The van der Waals surface area contributed by atoms with E-state index < -0.39 is 23.5 Å². The fraction of sp³-hybridized carbons (Fsp3) is 0.154. The number of ketones is 1. The van der Waals surface area contributed by atoms with Gasteiger partial charge in [0.2, 0.25) is 5.78 Å². The molecule has 0 radical (unpaired) electrons. The first-order chi connectivity index (χ1) is 17.2. The highest BCUT2D eigenvalue weighted by Gasteiger charge is 2.46. The summed E-state index contributed by atoms with van der Waals surface area (Å²) in [7, 11) is 2.95. The van der Waals surface area contributed by atoms with Crippen molar-refractivity contribution in [3.63, 3.8) is 0 Å². The monoisotopic (exact) mass is 543 g/mol. The average molecular weight is 544 g/mol. The highest BCUT2D eigenvalue weighted by atomic mass is 35.5. The number of aliphatic hydroxyl groups excluding tert-OH is 1. The molecule has 0 fully saturated rings. The van der Waals surface area contributed by atoms with Crippen molar-refractivity contribution in [3.05, 3.63) is 85.4 Å². The Morgan fingerprint density at radius 1 is 1.08 bits per heavy atom. The van der Waals surface area contributed by atoms with Crippen LogP contribution in [0.4, 0.5) is 5.69 Å². The van der Waals surface area contributed by atoms with Gasteiger partial charge in [-0.3, -0.25) is 14.5 Å². The van der Waals surface area contributed by atoms with E-state index in [1.807, 2.05) is 18.4 Å². The number of hydrogen-bond acceptors (Lipinski definition) is 7. The lowest BCUT2D eigenvalue weighted by atomic mass is 9.98. The maximum atomic E-state index is 13.8. The first-order valence-electron chi connectivity index (χ1n) is 10.7. The minimum Gasteiger partial charge on any atom is -0.503 e. The number of amides is 1. The van der Waals surface area contributed by atoms with E-state index >= 15 is 0 Å². The number of Topliss-reactive ketones (excluding diaryl/α,β-unsaturated/α-hetero) is 1. The molecule has 0 spiro atoms. The maximum absolute atomic E-state index is 13.8. The molecule has 10 heteroatoms. The van der Waals surface area contributed by atoms with Gasteiger partial charge in [-0.05, 0) is 54.3 Å². The molecule has 7 nitrogen and oxygen atoms in total. The fourth-order valence-corrected chi connectivity index (χ4v) is 5.80. The molecular weight excluding hydrogens is 525 g/mol. The number of rotatable bonds is 6. The lowest BCUT2D eigenvalue weighted by Crippen LogP contribution is -2.30. The SMILES string of the molecule is COc1ccc(N2C(=O)C(O)=C(C(=O)c3cc4cc(Cl)cc(OC)c4o3)C2c2sccc2C)cc1Cl. The van der Waals surface area contributed by atoms with Crippen LogP contribution in [-0.4, -0.2) is 31.0 Å². The quantitative estimate of drug-likeness (QED) is 0.266. The summed E-state index contributed by atoms with van der Waals surface area (Å²) in [6.45, 7) is 1.88. The Balaban J connectivity index is 1.66. The molecule has 0 aliphatic carbocycles. The van der Waals surface area contributed by atoms with Crippen molar-refractivity contribution < 1.29 is 28.6 Å². The molecule has 1 N–H and O–H groups in total. The summed E-state index contributed by atoms with van der Waals surface area (Å²) in [6, 6.07) is 10.5. The zero-order valence-electron chi connectivity index (χ0n) is 19.3. The van der Waals surface area contributed by atoms with E-state index in [4.69, 9.17) is 37.1 Å². The molecular formula is C26H19Cl2NO6S. The number of anilines is 1. The number of nitrogens with zero attached hydrogens (tertiary/aromatic N) is 1. The van der Waals surface area contributed by atoms with E-state index in [2.05, 4.69) is 0 Å². The van der Waals surface area contributed by atoms with Crippen LogP contribution in [0.1, 0.15) is 27.0 Å². The molecule has 0 saturated carbocycles. The second-order valence-corrected chi connectivity index (χ2v) is 9.88. The normalized spacial score (nSPS) is 15.8. The van der Waals surface area contributed by atoms with E-state index in [9.17, 15) is 14.7 Å². The van der Waals surface area contributed by atoms with Crippen LogP contribution in [0, 0.1) is 6.92 Å². The molecule has 1 amide bonds. The van der Waals surface area contributed by atoms with Crippen LogP contribution in [-0.2, 0) is 4.79 Å². The van der Waals surface area contributed by atoms with E-state index in [0.717, 1.165) is 10.4 Å². The van der Waals surface area contributed by atoms with E-state index in [-0.39, 0.29) is 16.4 Å². The van der Waals surface area contributed by atoms with Crippen molar-refractivity contribution in [2.75, 3.05) is 19.1 Å². The second-order valence-electron chi connectivity index (χ2n) is 8.09. The van der Waals surface area contributed by atoms with Crippen molar-refractivity contribution in [2.45, 2.75) is 13.0 Å². The van der Waals surface area contributed by atoms with Crippen LogP contribution < -0.4 is 14.4 Å². The van der Waals surface area contributed by atoms with E-state index in [1.54, 1.807) is 30.3 Å². The van der Waals surface area contributed by atoms with Crippen LogP contribution in [0.5, 0.6) is 11.5 Å². The van der Waals surface area contributed by atoms with Gasteiger partial charge in [0.15, 0.2) is 22.9 Å². The van der Waals surface area contributed by atoms with E-state index in [0.29, 0.717) is 33.2 Å². The smallest absolute Gasteiger partial charge is 0.294 e. The van der Waals surface area contributed by atoms with Crippen LogP contribution in [0.3, 0.4) is 0 Å². The highest BCUT2D eigenvalue weighted by Crippen LogP contribution is 2.46. The molecule has 0 saturated heterocycles. The van der Waals surface area contributed by atoms with Gasteiger partial charge in [0.1, 0.15) is 11.8 Å². The molecule has 36 heavy (non-hydrogen) atoms. The lowest BCUT2D eigenvalue weighted by Gasteiger charge is -2.26. The average Bonchev–Trinajstić information content (AvgIpc) is 3.54. The summed E-state index contributed by atoms with van der Waals surface area (Å²) in [5.74, 6) is -1.29. The van der Waals surface area contributed by atoms with Crippen molar-refractivity contribution in [1.82, 2.24) is 0 Å². The van der Waals surface area contributed by atoms with Crippen LogP contribution in [0.25, 0.3) is 11.0 Å². The summed E-state index contributed by atoms with van der Waals surface area (Å²) < 4.78 is 16.4. The van der Waals surface area contributed by atoms with Gasteiger partial charge in [-0.15, -0.1) is 11.3 Å². The fourth-order valence-electron chi connectivity index (χ4n) is 4.30. The first-order valence-corrected chi connectivity index (χ1v) is 12.3. The molecule has 184 valence electrons. The lowest BCUT2D eigenvalue weighted by molar-refractivity contribution is -0.117. The van der Waals surface area contributed by atoms with Gasteiger partial charge in [-0.1, -0.05) is 23.2 Å². The second kappa shape index (κ2) is 9.20. The number of carbonyl (C=O) groups excluding carboxylic acids is 2. The van der Waals surface area contributed by atoms with Crippen molar-refractivity contribution in [2.24, 2.45) is 0 Å². The van der Waals surface area contributed by atoms with Crippen LogP contribution in [0.15, 0.2) is 63.6 Å². The molecule has 4 aromatic rings. The summed E-state index contributed by atoms with van der Waals surface area (Å²) >= 11 is 13.9. The van der Waals surface area contributed by atoms with Gasteiger partial charge >= 0.3 is 0 Å². The third kappa shape index (κ3) is 3.82. The molecule has 1 aliphatic rings. The number of ether oxygens (including phenoxy) is 2.